The molecule has 1 saturated carbocycles. The number of aliphatic hydroxyl groups is 2. The maximum absolute atomic E-state index is 13.1. The van der Waals surface area contributed by atoms with Gasteiger partial charge in [-0.3, -0.25) is 9.59 Å². The average molecular weight is 352 g/mol. The molecule has 1 aliphatic carbocycles. The third kappa shape index (κ3) is 3.35. The number of carbonyl (C=O) groups excluding carboxylic acids is 2. The van der Waals surface area contributed by atoms with E-state index in [2.05, 4.69) is 0 Å². The van der Waals surface area contributed by atoms with Crippen LogP contribution in [-0.4, -0.2) is 27.4 Å². The van der Waals surface area contributed by atoms with Crippen LogP contribution in [0.15, 0.2) is 54.6 Å². The first-order chi connectivity index (χ1) is 12.4. The van der Waals surface area contributed by atoms with Crippen molar-refractivity contribution in [1.29, 1.82) is 0 Å². The van der Waals surface area contributed by atoms with Crippen molar-refractivity contribution in [3.8, 4) is 0 Å². The van der Waals surface area contributed by atoms with E-state index in [1.54, 1.807) is 54.6 Å². The fourth-order valence-corrected chi connectivity index (χ4v) is 3.73. The summed E-state index contributed by atoms with van der Waals surface area (Å²) in [5.74, 6) is -1.32. The van der Waals surface area contributed by atoms with Crippen LogP contribution in [0.5, 0.6) is 0 Å². The molecule has 0 heterocycles. The van der Waals surface area contributed by atoms with Gasteiger partial charge < -0.3 is 10.2 Å². The average Bonchev–Trinajstić information content (AvgIpc) is 2.68. The van der Waals surface area contributed by atoms with E-state index in [9.17, 15) is 19.8 Å². The van der Waals surface area contributed by atoms with Crippen LogP contribution in [0, 0.1) is 0 Å². The summed E-state index contributed by atoms with van der Waals surface area (Å²) < 4.78 is 0. The lowest BCUT2D eigenvalue weighted by atomic mass is 9.75. The number of rotatable bonds is 5. The molecule has 2 aromatic rings. The molecule has 2 N–H and O–H groups in total. The SMILES string of the molecule is CC(O)(C(=O)c1ccccc1)C(=O)c1ccccc1C1(O)CCCCC1. The van der Waals surface area contributed by atoms with Gasteiger partial charge in [0, 0.05) is 11.1 Å². The van der Waals surface area contributed by atoms with Crippen molar-refractivity contribution in [2.45, 2.75) is 50.2 Å². The Kier molecular flexibility index (Phi) is 5.08. The third-order valence-electron chi connectivity index (χ3n) is 5.27. The Labute approximate surface area is 153 Å². The number of ketones is 2. The molecule has 4 nitrogen and oxygen atoms in total. The molecule has 0 amide bonds. The van der Waals surface area contributed by atoms with Crippen LogP contribution < -0.4 is 0 Å². The second-order valence-electron chi connectivity index (χ2n) is 7.23. The van der Waals surface area contributed by atoms with E-state index in [4.69, 9.17) is 0 Å². The molecule has 0 radical (unpaired) electrons. The van der Waals surface area contributed by atoms with E-state index in [1.807, 2.05) is 0 Å². The molecular formula is C22H24O4. The van der Waals surface area contributed by atoms with Crippen molar-refractivity contribution in [2.24, 2.45) is 0 Å². The normalized spacial score (nSPS) is 18.7. The summed E-state index contributed by atoms with van der Waals surface area (Å²) >= 11 is 0. The number of hydrogen-bond donors (Lipinski definition) is 2. The summed E-state index contributed by atoms with van der Waals surface area (Å²) in [5.41, 5.74) is -2.28. The van der Waals surface area contributed by atoms with Crippen molar-refractivity contribution < 1.29 is 19.8 Å². The quantitative estimate of drug-likeness (QED) is 0.636. The van der Waals surface area contributed by atoms with Crippen LogP contribution in [0.4, 0.5) is 0 Å². The predicted molar refractivity (Wildman–Crippen MR) is 99.2 cm³/mol. The molecule has 4 heteroatoms. The van der Waals surface area contributed by atoms with Gasteiger partial charge in [-0.15, -0.1) is 0 Å². The summed E-state index contributed by atoms with van der Waals surface area (Å²) in [6.07, 6.45) is 3.98. The molecule has 0 spiro atoms. The number of hydrogen-bond acceptors (Lipinski definition) is 4. The maximum atomic E-state index is 13.1. The molecule has 0 aromatic heterocycles. The first-order valence-corrected chi connectivity index (χ1v) is 9.05. The topological polar surface area (TPSA) is 74.6 Å². The van der Waals surface area contributed by atoms with Crippen LogP contribution >= 0.6 is 0 Å². The molecule has 26 heavy (non-hydrogen) atoms. The van der Waals surface area contributed by atoms with E-state index in [0.29, 0.717) is 18.4 Å². The zero-order valence-corrected chi connectivity index (χ0v) is 14.9. The Morgan fingerprint density at radius 1 is 0.885 bits per heavy atom. The van der Waals surface area contributed by atoms with Crippen LogP contribution in [0.2, 0.25) is 0 Å². The molecular weight excluding hydrogens is 328 g/mol. The minimum absolute atomic E-state index is 0.214. The zero-order chi connectivity index (χ0) is 18.8. The summed E-state index contributed by atoms with van der Waals surface area (Å²) in [5, 5.41) is 21.9. The zero-order valence-electron chi connectivity index (χ0n) is 14.9. The molecule has 1 aliphatic rings. The van der Waals surface area contributed by atoms with Gasteiger partial charge in [-0.05, 0) is 25.3 Å². The van der Waals surface area contributed by atoms with Gasteiger partial charge in [0.1, 0.15) is 0 Å². The largest absolute Gasteiger partial charge is 0.385 e. The van der Waals surface area contributed by atoms with Gasteiger partial charge in [0.05, 0.1) is 5.60 Å². The number of Topliss-reactive ketones (excluding diaryl/α,β-unsaturated/α-hetero) is 2. The molecule has 136 valence electrons. The molecule has 1 unspecified atom stereocenters. The van der Waals surface area contributed by atoms with Crippen molar-refractivity contribution >= 4 is 11.6 Å². The van der Waals surface area contributed by atoms with Crippen molar-refractivity contribution in [2.75, 3.05) is 0 Å². The Hall–Kier alpha value is -2.30. The van der Waals surface area contributed by atoms with Gasteiger partial charge in [0.2, 0.25) is 11.6 Å². The van der Waals surface area contributed by atoms with Crippen LogP contribution in [0.1, 0.15) is 65.3 Å². The Balaban J connectivity index is 1.99. The van der Waals surface area contributed by atoms with Gasteiger partial charge in [-0.1, -0.05) is 73.9 Å². The second-order valence-corrected chi connectivity index (χ2v) is 7.23. The Bertz CT molecular complexity index is 802. The molecule has 2 aromatic carbocycles. The minimum Gasteiger partial charge on any atom is -0.385 e. The number of carbonyl (C=O) groups is 2. The molecule has 1 fully saturated rings. The van der Waals surface area contributed by atoms with E-state index < -0.39 is 22.8 Å². The highest BCUT2D eigenvalue weighted by Crippen LogP contribution is 2.39. The van der Waals surface area contributed by atoms with Crippen molar-refractivity contribution in [1.82, 2.24) is 0 Å². The summed E-state index contributed by atoms with van der Waals surface area (Å²) in [6, 6.07) is 15.0. The highest BCUT2D eigenvalue weighted by atomic mass is 16.3. The standard InChI is InChI=1S/C22H24O4/c1-21(25,19(23)16-10-4-2-5-11-16)20(24)17-12-6-7-13-18(17)22(26)14-8-3-9-15-22/h2,4-7,10-13,25-26H,3,8-9,14-15H2,1H3. The second kappa shape index (κ2) is 7.14. The summed E-state index contributed by atoms with van der Waals surface area (Å²) in [7, 11) is 0. The lowest BCUT2D eigenvalue weighted by Gasteiger charge is -2.34. The molecule has 0 bridgehead atoms. The maximum Gasteiger partial charge on any atom is 0.202 e. The van der Waals surface area contributed by atoms with Crippen LogP contribution in [-0.2, 0) is 5.60 Å². The van der Waals surface area contributed by atoms with Gasteiger partial charge in [0.25, 0.3) is 0 Å². The van der Waals surface area contributed by atoms with Gasteiger partial charge in [0.15, 0.2) is 5.60 Å². The first kappa shape index (κ1) is 18.5. The Morgan fingerprint density at radius 3 is 2.12 bits per heavy atom. The van der Waals surface area contributed by atoms with Gasteiger partial charge >= 0.3 is 0 Å². The molecule has 3 rings (SSSR count). The molecule has 0 saturated heterocycles. The summed E-state index contributed by atoms with van der Waals surface area (Å²) in [6.45, 7) is 1.23. The number of benzene rings is 2. The fourth-order valence-electron chi connectivity index (χ4n) is 3.73. The Morgan fingerprint density at radius 2 is 1.46 bits per heavy atom. The lowest BCUT2D eigenvalue weighted by Crippen LogP contribution is -2.45. The highest BCUT2D eigenvalue weighted by molar-refractivity contribution is 6.22. The van der Waals surface area contributed by atoms with Crippen molar-refractivity contribution in [3.05, 3.63) is 71.3 Å². The van der Waals surface area contributed by atoms with E-state index in [1.165, 1.54) is 6.92 Å². The molecule has 0 aliphatic heterocycles. The fraction of sp³-hybridized carbons (Fsp3) is 0.364. The monoisotopic (exact) mass is 352 g/mol. The van der Waals surface area contributed by atoms with E-state index in [0.717, 1.165) is 19.3 Å². The van der Waals surface area contributed by atoms with Crippen LogP contribution in [0.3, 0.4) is 0 Å². The van der Waals surface area contributed by atoms with Gasteiger partial charge in [-0.2, -0.15) is 0 Å². The van der Waals surface area contributed by atoms with Crippen molar-refractivity contribution in [3.63, 3.8) is 0 Å². The smallest absolute Gasteiger partial charge is 0.202 e. The summed E-state index contributed by atoms with van der Waals surface area (Å²) in [4.78, 5) is 25.8. The van der Waals surface area contributed by atoms with Crippen LogP contribution in [0.25, 0.3) is 0 Å². The third-order valence-corrected chi connectivity index (χ3v) is 5.27. The molecule has 1 atom stereocenters. The van der Waals surface area contributed by atoms with Gasteiger partial charge in [-0.25, -0.2) is 0 Å². The first-order valence-electron chi connectivity index (χ1n) is 9.05. The minimum atomic E-state index is -2.19. The predicted octanol–water partition coefficient (Wildman–Crippen LogP) is 3.65. The highest BCUT2D eigenvalue weighted by Gasteiger charge is 2.43. The lowest BCUT2D eigenvalue weighted by molar-refractivity contribution is -0.00223. The van der Waals surface area contributed by atoms with E-state index in [-0.39, 0.29) is 11.1 Å². The van der Waals surface area contributed by atoms with E-state index >= 15 is 0 Å².